The average molecular weight is 588 g/mol. The smallest absolute Gasteiger partial charge is 0.0683 e. The minimum atomic E-state index is 0.125. The van der Waals surface area contributed by atoms with Gasteiger partial charge in [-0.15, -0.1) is 0 Å². The topological polar surface area (TPSA) is 17.1 Å². The fraction of sp³-hybridized carbons (Fsp3) is 0.519. The number of hydrogen-bond donors (Lipinski definition) is 0. The van der Waals surface area contributed by atoms with Crippen LogP contribution in [0.2, 0.25) is 0 Å². The second kappa shape index (κ2) is 9.42. The van der Waals surface area contributed by atoms with Gasteiger partial charge in [-0.25, -0.2) is 0 Å². The van der Waals surface area contributed by atoms with Gasteiger partial charge < -0.3 is 0 Å². The SMILES string of the molecule is C=C/C(=C\C=C(/C)C1(c2cc3c(cc2C)C(C)CCC3(C)C)CC1)C(=O)[At].CC. The summed E-state index contributed by atoms with van der Waals surface area (Å²) < 4.78 is 0.125. The third kappa shape index (κ3) is 4.84. The van der Waals surface area contributed by atoms with Crippen molar-refractivity contribution >= 4 is 3.49 Å². The molecule has 0 aliphatic heterocycles. The summed E-state index contributed by atoms with van der Waals surface area (Å²) >= 11 is 1.17. The van der Waals surface area contributed by atoms with E-state index in [2.05, 4.69) is 59.4 Å². The molecule has 1 aromatic carbocycles. The molecule has 29 heavy (non-hydrogen) atoms. The van der Waals surface area contributed by atoms with Crippen molar-refractivity contribution in [3.8, 4) is 0 Å². The minimum absolute atomic E-state index is 0.125. The van der Waals surface area contributed by atoms with Gasteiger partial charge in [-0.05, 0) is 0 Å². The molecule has 2 heteroatoms. The largest absolute Gasteiger partial charge is 0.0683 e. The molecule has 2 aliphatic carbocycles. The van der Waals surface area contributed by atoms with Crippen LogP contribution in [0.15, 0.2) is 48.1 Å². The molecule has 3 rings (SSSR count). The van der Waals surface area contributed by atoms with Crippen LogP contribution in [-0.2, 0) is 15.6 Å². The summed E-state index contributed by atoms with van der Waals surface area (Å²) in [6.45, 7) is 19.4. The van der Waals surface area contributed by atoms with Crippen molar-refractivity contribution in [3.05, 3.63) is 70.3 Å². The van der Waals surface area contributed by atoms with Gasteiger partial charge in [0, 0.05) is 0 Å². The number of fused-ring (bicyclic) bond motifs is 1. The molecule has 1 aromatic rings. The van der Waals surface area contributed by atoms with Gasteiger partial charge in [0.05, 0.1) is 0 Å². The van der Waals surface area contributed by atoms with Crippen molar-refractivity contribution in [3.63, 3.8) is 0 Å². The first-order valence-electron chi connectivity index (χ1n) is 11.0. The molecule has 1 atom stereocenters. The zero-order chi connectivity index (χ0) is 22.0. The summed E-state index contributed by atoms with van der Waals surface area (Å²) in [5.74, 6) is 0.655. The molecule has 1 nitrogen and oxygen atoms in total. The first-order chi connectivity index (χ1) is 13.6. The molecular formula is C27H37AtO. The fourth-order valence-electron chi connectivity index (χ4n) is 4.70. The fourth-order valence-corrected chi connectivity index (χ4v) is 5.24. The van der Waals surface area contributed by atoms with Crippen LogP contribution in [0.5, 0.6) is 0 Å². The van der Waals surface area contributed by atoms with Gasteiger partial charge in [0.15, 0.2) is 0 Å². The molecule has 1 unspecified atom stereocenters. The van der Waals surface area contributed by atoms with Crippen molar-refractivity contribution in [2.24, 2.45) is 0 Å². The zero-order valence-electron chi connectivity index (χ0n) is 19.3. The van der Waals surface area contributed by atoms with E-state index in [9.17, 15) is 4.79 Å². The predicted octanol–water partition coefficient (Wildman–Crippen LogP) is 7.36. The third-order valence-electron chi connectivity index (χ3n) is 6.84. The van der Waals surface area contributed by atoms with Crippen molar-refractivity contribution in [1.82, 2.24) is 0 Å². The Morgan fingerprint density at radius 2 is 1.76 bits per heavy atom. The quantitative estimate of drug-likeness (QED) is 0.260. The Bertz CT molecular complexity index is 850. The van der Waals surface area contributed by atoms with Crippen LogP contribution >= 0.6 is 0 Å². The van der Waals surface area contributed by atoms with Crippen LogP contribution in [0, 0.1) is 31.6 Å². The van der Waals surface area contributed by atoms with E-state index in [4.69, 9.17) is 0 Å². The van der Waals surface area contributed by atoms with Crippen LogP contribution in [0.4, 0.5) is 0 Å². The Morgan fingerprint density at radius 1 is 1.14 bits per heavy atom. The Hall–Kier alpha value is -1.01. The van der Waals surface area contributed by atoms with Crippen LogP contribution < -0.4 is 0 Å². The maximum absolute atomic E-state index is 11.7. The summed E-state index contributed by atoms with van der Waals surface area (Å²) in [6.07, 6.45) is 10.7. The summed E-state index contributed by atoms with van der Waals surface area (Å²) in [7, 11) is 0. The third-order valence-corrected chi connectivity index (χ3v) is 7.69. The molecular weight excluding hydrogens is 550 g/mol. The Balaban J connectivity index is 0.00000145. The van der Waals surface area contributed by atoms with Crippen molar-refractivity contribution < 1.29 is 29.5 Å². The van der Waals surface area contributed by atoms with Crippen LogP contribution in [0.1, 0.15) is 95.4 Å². The molecule has 0 bridgehead atoms. The van der Waals surface area contributed by atoms with E-state index in [1.807, 2.05) is 19.9 Å². The van der Waals surface area contributed by atoms with E-state index >= 15 is 0 Å². The van der Waals surface area contributed by atoms with Crippen molar-refractivity contribution in [2.45, 2.75) is 90.9 Å². The second-order valence-corrected chi connectivity index (χ2v) is 10.4. The Morgan fingerprint density at radius 3 is 2.28 bits per heavy atom. The molecule has 1 fully saturated rings. The van der Waals surface area contributed by atoms with Crippen LogP contribution in [0.3, 0.4) is 0 Å². The first-order valence-corrected chi connectivity index (χ1v) is 12.5. The zero-order valence-corrected chi connectivity index (χ0v) is 22.2. The second-order valence-electron chi connectivity index (χ2n) is 9.11. The maximum atomic E-state index is 11.7. The molecule has 0 radical (unpaired) electrons. The van der Waals surface area contributed by atoms with Crippen molar-refractivity contribution in [2.75, 3.05) is 0 Å². The van der Waals surface area contributed by atoms with E-state index in [1.165, 1.54) is 67.1 Å². The van der Waals surface area contributed by atoms with E-state index in [1.54, 1.807) is 17.2 Å². The van der Waals surface area contributed by atoms with Gasteiger partial charge >= 0.3 is 180 Å². The van der Waals surface area contributed by atoms with Gasteiger partial charge in [0.2, 0.25) is 0 Å². The number of carbonyl (C=O) groups is 1. The number of aryl methyl sites for hydroxylation is 1. The molecule has 0 heterocycles. The monoisotopic (exact) mass is 587 g/mol. The predicted molar refractivity (Wildman–Crippen MR) is 121 cm³/mol. The molecule has 0 aromatic heterocycles. The number of allylic oxidation sites excluding steroid dienone is 5. The molecule has 0 N–H and O–H groups in total. The van der Waals surface area contributed by atoms with Gasteiger partial charge in [-0.1, -0.05) is 13.8 Å². The number of benzene rings is 1. The normalized spacial score (nSPS) is 22.1. The molecule has 0 amide bonds. The first kappa shape index (κ1) is 24.3. The molecule has 1 saturated carbocycles. The number of hydrogen-bond acceptors (Lipinski definition) is 1. The Kier molecular flexibility index (Phi) is 7.88. The molecule has 158 valence electrons. The van der Waals surface area contributed by atoms with E-state index < -0.39 is 0 Å². The number of carbonyl (C=O) groups excluding carboxylic acids is 1. The average Bonchev–Trinajstić information content (AvgIpc) is 3.48. The summed E-state index contributed by atoms with van der Waals surface area (Å²) in [6, 6.07) is 4.99. The van der Waals surface area contributed by atoms with Gasteiger partial charge in [-0.2, -0.15) is 0 Å². The minimum Gasteiger partial charge on any atom is -0.0683 e. The molecule has 2 aliphatic rings. The molecule has 0 saturated heterocycles. The maximum Gasteiger partial charge on any atom is -0.0683 e. The molecule has 0 spiro atoms. The van der Waals surface area contributed by atoms with Gasteiger partial charge in [0.1, 0.15) is 0 Å². The van der Waals surface area contributed by atoms with Gasteiger partial charge in [0.25, 0.3) is 0 Å². The van der Waals surface area contributed by atoms with Crippen molar-refractivity contribution in [1.29, 1.82) is 0 Å². The summed E-state index contributed by atoms with van der Waals surface area (Å²) in [5.41, 5.74) is 8.50. The standard InChI is InChI=1S/C25H31AtO.C2H6/c1-7-19(23(26)27)9-8-18(4)25(12-13-25)21-15-22-20(14-17(21)3)16(2)10-11-24(22,5)6;1-2/h7-9,14-16H,1,10-13H2,2-6H3;1-2H3/b18-8+,19-9+;. The summed E-state index contributed by atoms with van der Waals surface area (Å²) in [5, 5.41) is 0. The summed E-state index contributed by atoms with van der Waals surface area (Å²) in [4.78, 5) is 11.7. The van der Waals surface area contributed by atoms with E-state index in [0.29, 0.717) is 11.5 Å². The van der Waals surface area contributed by atoms with Gasteiger partial charge in [-0.3, -0.25) is 0 Å². The van der Waals surface area contributed by atoms with E-state index in [-0.39, 0.29) is 14.3 Å². The van der Waals surface area contributed by atoms with E-state index in [0.717, 1.165) is 0 Å². The van der Waals surface area contributed by atoms with Crippen LogP contribution in [-0.4, -0.2) is 3.49 Å². The Labute approximate surface area is 193 Å². The van der Waals surface area contributed by atoms with Crippen LogP contribution in [0.25, 0.3) is 0 Å². The number of rotatable bonds is 5.